The van der Waals surface area contributed by atoms with Crippen LogP contribution in [0.5, 0.6) is 11.5 Å². The lowest BCUT2D eigenvalue weighted by atomic mass is 10.1. The van der Waals surface area contributed by atoms with Gasteiger partial charge in [0.2, 0.25) is 5.91 Å². The lowest BCUT2D eigenvalue weighted by Crippen LogP contribution is -2.29. The molecule has 1 unspecified atom stereocenters. The van der Waals surface area contributed by atoms with Gasteiger partial charge in [0.25, 0.3) is 0 Å². The number of nitrogens with one attached hydrogen (secondary N) is 3. The Bertz CT molecular complexity index is 1820. The summed E-state index contributed by atoms with van der Waals surface area (Å²) in [5.41, 5.74) is 1.41. The predicted molar refractivity (Wildman–Crippen MR) is 167 cm³/mol. The molecule has 0 spiro atoms. The zero-order chi connectivity index (χ0) is 35.8. The lowest BCUT2D eigenvalue weighted by molar-refractivity contribution is -0.192. The average Bonchev–Trinajstić information content (AvgIpc) is 3.28. The number of benzene rings is 3. The number of nitrogens with zero attached hydrogens (tertiary/aromatic N) is 2. The van der Waals surface area contributed by atoms with Gasteiger partial charge in [-0.3, -0.25) is 4.79 Å². The molecule has 258 valence electrons. The van der Waals surface area contributed by atoms with E-state index in [2.05, 4.69) is 25.9 Å². The number of anilines is 3. The van der Waals surface area contributed by atoms with E-state index in [0.29, 0.717) is 47.0 Å². The summed E-state index contributed by atoms with van der Waals surface area (Å²) < 4.78 is 76.5. The van der Waals surface area contributed by atoms with Gasteiger partial charge in [0.05, 0.1) is 22.3 Å². The number of carbonyl (C=O) groups excluding carboxylic acids is 1. The van der Waals surface area contributed by atoms with Gasteiger partial charge in [0, 0.05) is 24.4 Å². The molecule has 17 heteroatoms. The molecular weight excluding hydrogens is 684 g/mol. The van der Waals surface area contributed by atoms with Crippen molar-refractivity contribution in [2.45, 2.75) is 24.9 Å². The maximum Gasteiger partial charge on any atom is 0.490 e. The monoisotopic (exact) mass is 709 g/mol. The number of ether oxygens (including phenoxy) is 1. The summed E-state index contributed by atoms with van der Waals surface area (Å²) in [6, 6.07) is 18.3. The van der Waals surface area contributed by atoms with Crippen LogP contribution in [0.3, 0.4) is 0 Å². The molecule has 4 aromatic rings. The van der Waals surface area contributed by atoms with Gasteiger partial charge in [0.1, 0.15) is 29.5 Å². The molecule has 0 saturated carbocycles. The van der Waals surface area contributed by atoms with Crippen LogP contribution in [0.25, 0.3) is 6.08 Å². The van der Waals surface area contributed by atoms with Crippen molar-refractivity contribution >= 4 is 46.9 Å². The highest BCUT2D eigenvalue weighted by Gasteiger charge is 2.38. The molecule has 10 nitrogen and oxygen atoms in total. The number of carbonyl (C=O) groups is 2. The van der Waals surface area contributed by atoms with Crippen LogP contribution >= 0.6 is 11.6 Å². The number of rotatable bonds is 8. The number of amides is 1. The van der Waals surface area contributed by atoms with E-state index < -0.39 is 30.0 Å². The third kappa shape index (κ3) is 10.3. The van der Waals surface area contributed by atoms with Crippen LogP contribution in [0.4, 0.5) is 43.7 Å². The SMILES string of the molecule is O=C(NCC(O)c1ccccc1)C1=Cc2c(ncnc2Nc2ccc(Oc3cccc(C(F)(F)F)c3)c(Cl)c2)NCC1.O=C(O)C(F)(F)F. The Kier molecular flexibility index (Phi) is 11.7. The van der Waals surface area contributed by atoms with Crippen molar-refractivity contribution in [3.63, 3.8) is 0 Å². The number of aliphatic hydroxyl groups excluding tert-OH is 1. The van der Waals surface area contributed by atoms with Gasteiger partial charge in [-0.25, -0.2) is 14.8 Å². The number of carboxylic acids is 1. The molecule has 3 aromatic carbocycles. The Balaban J connectivity index is 0.000000698. The second-order valence-electron chi connectivity index (χ2n) is 10.2. The Morgan fingerprint density at radius 3 is 2.35 bits per heavy atom. The number of fused-ring (bicyclic) bond motifs is 1. The molecule has 49 heavy (non-hydrogen) atoms. The minimum Gasteiger partial charge on any atom is -0.475 e. The van der Waals surface area contributed by atoms with Gasteiger partial charge in [0.15, 0.2) is 0 Å². The van der Waals surface area contributed by atoms with Gasteiger partial charge in [-0.05, 0) is 54.5 Å². The van der Waals surface area contributed by atoms with Crippen LogP contribution in [0.2, 0.25) is 5.02 Å². The Labute approximate surface area is 279 Å². The first kappa shape index (κ1) is 36.5. The molecule has 2 heterocycles. The number of aromatic nitrogens is 2. The zero-order valence-corrected chi connectivity index (χ0v) is 25.7. The summed E-state index contributed by atoms with van der Waals surface area (Å²) in [5.74, 6) is -2.00. The van der Waals surface area contributed by atoms with Crippen LogP contribution in [-0.2, 0) is 15.8 Å². The van der Waals surface area contributed by atoms with Crippen LogP contribution < -0.4 is 20.7 Å². The summed E-state index contributed by atoms with van der Waals surface area (Å²) in [5, 5.41) is 26.8. The molecular formula is C32H26ClF6N5O5. The van der Waals surface area contributed by atoms with Crippen molar-refractivity contribution in [1.29, 1.82) is 0 Å². The number of alkyl halides is 6. The topological polar surface area (TPSA) is 146 Å². The number of carboxylic acid groups (broad SMARTS) is 1. The molecule has 1 aliphatic rings. The molecule has 5 N–H and O–H groups in total. The zero-order valence-electron chi connectivity index (χ0n) is 24.9. The van der Waals surface area contributed by atoms with Gasteiger partial charge in [-0.1, -0.05) is 48.0 Å². The van der Waals surface area contributed by atoms with Crippen molar-refractivity contribution in [1.82, 2.24) is 15.3 Å². The average molecular weight is 710 g/mol. The smallest absolute Gasteiger partial charge is 0.475 e. The summed E-state index contributed by atoms with van der Waals surface area (Å²) in [4.78, 5) is 30.5. The predicted octanol–water partition coefficient (Wildman–Crippen LogP) is 7.37. The first-order chi connectivity index (χ1) is 23.1. The minimum atomic E-state index is -5.08. The van der Waals surface area contributed by atoms with E-state index >= 15 is 0 Å². The van der Waals surface area contributed by atoms with E-state index in [1.165, 1.54) is 24.5 Å². The Morgan fingerprint density at radius 2 is 1.69 bits per heavy atom. The summed E-state index contributed by atoms with van der Waals surface area (Å²) in [7, 11) is 0. The standard InChI is InChI=1S/C30H25ClF3N5O3.C2HF3O2/c31-24-15-21(9-10-26(24)42-22-8-4-7-20(14-22)30(32,33)34)39-28-23-13-19(11-12-35-27(23)37-17-38-28)29(41)36-16-25(40)18-5-2-1-3-6-18;3-2(4,5)1(6)7/h1-10,13-15,17,25,40H,11-12,16H2,(H,36,41)(H2,35,37,38,39);(H,6,7). The first-order valence-corrected chi connectivity index (χ1v) is 14.5. The number of hydrogen-bond acceptors (Lipinski definition) is 8. The largest absolute Gasteiger partial charge is 0.490 e. The molecule has 0 fully saturated rings. The summed E-state index contributed by atoms with van der Waals surface area (Å²) >= 11 is 6.40. The minimum absolute atomic E-state index is 0.00754. The van der Waals surface area contributed by atoms with Crippen molar-refractivity contribution < 1.29 is 50.9 Å². The van der Waals surface area contributed by atoms with Crippen molar-refractivity contribution in [3.05, 3.63) is 106 Å². The second kappa shape index (κ2) is 15.7. The van der Waals surface area contributed by atoms with Crippen LogP contribution in [0.1, 0.15) is 29.2 Å². The quantitative estimate of drug-likeness (QED) is 0.118. The number of aliphatic carboxylic acids is 1. The van der Waals surface area contributed by atoms with Gasteiger partial charge < -0.3 is 30.9 Å². The van der Waals surface area contributed by atoms with E-state index in [-0.39, 0.29) is 29.0 Å². The van der Waals surface area contributed by atoms with Gasteiger partial charge >= 0.3 is 18.3 Å². The molecule has 1 aliphatic heterocycles. The number of hydrogen-bond donors (Lipinski definition) is 5. The van der Waals surface area contributed by atoms with Crippen molar-refractivity contribution in [3.8, 4) is 11.5 Å². The molecule has 0 bridgehead atoms. The molecule has 0 radical (unpaired) electrons. The fourth-order valence-corrected chi connectivity index (χ4v) is 4.49. The van der Waals surface area contributed by atoms with Crippen LogP contribution in [0, 0.1) is 0 Å². The Hall–Kier alpha value is -5.35. The second-order valence-corrected chi connectivity index (χ2v) is 10.6. The first-order valence-electron chi connectivity index (χ1n) is 14.1. The Morgan fingerprint density at radius 1 is 0.980 bits per heavy atom. The third-order valence-corrected chi connectivity index (χ3v) is 6.94. The highest BCUT2D eigenvalue weighted by atomic mass is 35.5. The van der Waals surface area contributed by atoms with Crippen molar-refractivity contribution in [2.24, 2.45) is 0 Å². The van der Waals surface area contributed by atoms with Gasteiger partial charge in [-0.15, -0.1) is 0 Å². The maximum absolute atomic E-state index is 13.1. The fourth-order valence-electron chi connectivity index (χ4n) is 4.27. The number of halogens is 7. The highest BCUT2D eigenvalue weighted by Crippen LogP contribution is 2.36. The molecule has 1 atom stereocenters. The molecule has 1 amide bonds. The van der Waals surface area contributed by atoms with E-state index in [1.54, 1.807) is 30.3 Å². The molecule has 0 saturated heterocycles. The fraction of sp³-hybridized carbons (Fsp3) is 0.188. The maximum atomic E-state index is 13.1. The normalized spacial score (nSPS) is 13.3. The van der Waals surface area contributed by atoms with Crippen LogP contribution in [-0.4, -0.2) is 51.3 Å². The molecule has 1 aromatic heterocycles. The summed E-state index contributed by atoms with van der Waals surface area (Å²) in [6.45, 7) is 0.502. The van der Waals surface area contributed by atoms with E-state index in [9.17, 15) is 36.2 Å². The van der Waals surface area contributed by atoms with Crippen molar-refractivity contribution in [2.75, 3.05) is 23.7 Å². The third-order valence-electron chi connectivity index (χ3n) is 6.65. The van der Waals surface area contributed by atoms with Gasteiger partial charge in [-0.2, -0.15) is 26.3 Å². The highest BCUT2D eigenvalue weighted by molar-refractivity contribution is 6.32. The summed E-state index contributed by atoms with van der Waals surface area (Å²) in [6.07, 6.45) is -6.96. The molecule has 5 rings (SSSR count). The van der Waals surface area contributed by atoms with E-state index in [4.69, 9.17) is 26.2 Å². The van der Waals surface area contributed by atoms with Crippen LogP contribution in [0.15, 0.2) is 84.7 Å². The molecule has 0 aliphatic carbocycles. The van der Waals surface area contributed by atoms with E-state index in [1.807, 2.05) is 18.2 Å². The lowest BCUT2D eigenvalue weighted by Gasteiger charge is -2.14. The van der Waals surface area contributed by atoms with E-state index in [0.717, 1.165) is 12.1 Å². The number of aliphatic hydroxyl groups is 1.